The molecule has 1 saturated heterocycles. The van der Waals surface area contributed by atoms with Crippen LogP contribution in [0.5, 0.6) is 0 Å². The molecule has 134 valence electrons. The highest BCUT2D eigenvalue weighted by atomic mass is 32.2. The minimum atomic E-state index is -3.38. The Morgan fingerprint density at radius 2 is 1.92 bits per heavy atom. The Kier molecular flexibility index (Phi) is 6.62. The molecule has 0 saturated carbocycles. The van der Waals surface area contributed by atoms with Crippen LogP contribution in [0.2, 0.25) is 0 Å². The third-order valence-corrected chi connectivity index (χ3v) is 6.73. The Balaban J connectivity index is 1.87. The van der Waals surface area contributed by atoms with Gasteiger partial charge >= 0.3 is 6.03 Å². The van der Waals surface area contributed by atoms with Crippen molar-refractivity contribution in [2.45, 2.75) is 30.4 Å². The molecule has 1 fully saturated rings. The maximum Gasteiger partial charge on any atom is 0.317 e. The largest absolute Gasteiger partial charge is 0.337 e. The lowest BCUT2D eigenvalue weighted by molar-refractivity contribution is 0.206. The number of likely N-dealkylation sites (tertiary alicyclic amines) is 1. The second-order valence-electron chi connectivity index (χ2n) is 5.97. The molecule has 6 nitrogen and oxygen atoms in total. The van der Waals surface area contributed by atoms with Gasteiger partial charge < -0.3 is 15.1 Å². The van der Waals surface area contributed by atoms with Crippen molar-refractivity contribution in [1.29, 1.82) is 0 Å². The highest BCUT2D eigenvalue weighted by molar-refractivity contribution is 7.92. The zero-order chi connectivity index (χ0) is 17.6. The molecule has 2 rings (SSSR count). The van der Waals surface area contributed by atoms with Crippen molar-refractivity contribution in [2.75, 3.05) is 39.3 Å². The van der Waals surface area contributed by atoms with Crippen LogP contribution in [-0.2, 0) is 9.84 Å². The molecule has 0 radical (unpaired) electrons. The molecule has 0 aliphatic carbocycles. The van der Waals surface area contributed by atoms with Crippen LogP contribution in [0.15, 0.2) is 35.2 Å². The summed E-state index contributed by atoms with van der Waals surface area (Å²) in [7, 11) is -3.38. The standard InChI is InChI=1S/C17H27N3O3S/c1-3-19(4-2)13-11-18-17(21)20-12-10-16(14-20)24(22,23)15-8-6-5-7-9-15/h5-9,16H,3-4,10-14H2,1-2H3,(H,18,21). The predicted octanol–water partition coefficient (Wildman–Crippen LogP) is 1.59. The van der Waals surface area contributed by atoms with E-state index in [4.69, 9.17) is 0 Å². The number of urea groups is 1. The van der Waals surface area contributed by atoms with Crippen LogP contribution in [0.3, 0.4) is 0 Å². The van der Waals surface area contributed by atoms with E-state index in [1.165, 1.54) is 0 Å². The van der Waals surface area contributed by atoms with E-state index in [1.54, 1.807) is 35.2 Å². The lowest BCUT2D eigenvalue weighted by atomic mass is 10.4. The fourth-order valence-electron chi connectivity index (χ4n) is 2.94. The molecule has 1 aromatic rings. The second kappa shape index (κ2) is 8.48. The lowest BCUT2D eigenvalue weighted by Crippen LogP contribution is -2.42. The number of hydrogen-bond acceptors (Lipinski definition) is 4. The van der Waals surface area contributed by atoms with Gasteiger partial charge in [0.25, 0.3) is 0 Å². The number of amides is 2. The summed E-state index contributed by atoms with van der Waals surface area (Å²) in [6.07, 6.45) is 0.487. The Morgan fingerprint density at radius 1 is 1.25 bits per heavy atom. The van der Waals surface area contributed by atoms with Crippen molar-refractivity contribution in [3.05, 3.63) is 30.3 Å². The number of hydrogen-bond donors (Lipinski definition) is 1. The van der Waals surface area contributed by atoms with Crippen molar-refractivity contribution < 1.29 is 13.2 Å². The van der Waals surface area contributed by atoms with Gasteiger partial charge in [-0.05, 0) is 31.6 Å². The van der Waals surface area contributed by atoms with Crippen LogP contribution in [0.4, 0.5) is 4.79 Å². The maximum atomic E-state index is 12.6. The smallest absolute Gasteiger partial charge is 0.317 e. The maximum absolute atomic E-state index is 12.6. The molecular formula is C17H27N3O3S. The Labute approximate surface area is 144 Å². The first kappa shape index (κ1) is 18.7. The third-order valence-electron chi connectivity index (χ3n) is 4.54. The SMILES string of the molecule is CCN(CC)CCNC(=O)N1CCC(S(=O)(=O)c2ccccc2)C1. The molecular weight excluding hydrogens is 326 g/mol. The highest BCUT2D eigenvalue weighted by Crippen LogP contribution is 2.23. The zero-order valence-corrected chi connectivity index (χ0v) is 15.3. The summed E-state index contributed by atoms with van der Waals surface area (Å²) in [5.74, 6) is 0. The van der Waals surface area contributed by atoms with Gasteiger partial charge in [-0.15, -0.1) is 0 Å². The van der Waals surface area contributed by atoms with E-state index in [9.17, 15) is 13.2 Å². The number of sulfone groups is 1. The molecule has 0 bridgehead atoms. The van der Waals surface area contributed by atoms with Crippen LogP contribution in [0.25, 0.3) is 0 Å². The molecule has 1 atom stereocenters. The average molecular weight is 353 g/mol. The van der Waals surface area contributed by atoms with Crippen molar-refractivity contribution >= 4 is 15.9 Å². The fourth-order valence-corrected chi connectivity index (χ4v) is 4.65. The second-order valence-corrected chi connectivity index (χ2v) is 8.20. The highest BCUT2D eigenvalue weighted by Gasteiger charge is 2.35. The van der Waals surface area contributed by atoms with E-state index in [0.29, 0.717) is 24.4 Å². The number of carbonyl (C=O) groups is 1. The lowest BCUT2D eigenvalue weighted by Gasteiger charge is -2.21. The average Bonchev–Trinajstić information content (AvgIpc) is 3.10. The fraction of sp³-hybridized carbons (Fsp3) is 0.588. The zero-order valence-electron chi connectivity index (χ0n) is 14.4. The molecule has 2 amide bonds. The van der Waals surface area contributed by atoms with Gasteiger partial charge in [-0.1, -0.05) is 32.0 Å². The molecule has 1 aliphatic rings. The van der Waals surface area contributed by atoms with Crippen LogP contribution in [0, 0.1) is 0 Å². The molecule has 0 aromatic heterocycles. The van der Waals surface area contributed by atoms with Gasteiger partial charge in [-0.3, -0.25) is 0 Å². The summed E-state index contributed by atoms with van der Waals surface area (Å²) in [5.41, 5.74) is 0. The van der Waals surface area contributed by atoms with E-state index < -0.39 is 15.1 Å². The van der Waals surface area contributed by atoms with Crippen molar-refractivity contribution in [3.8, 4) is 0 Å². The first-order valence-electron chi connectivity index (χ1n) is 8.53. The van der Waals surface area contributed by atoms with Gasteiger partial charge in [0.2, 0.25) is 0 Å². The van der Waals surface area contributed by atoms with E-state index in [1.807, 2.05) is 0 Å². The van der Waals surface area contributed by atoms with Gasteiger partial charge in [0, 0.05) is 26.2 Å². The van der Waals surface area contributed by atoms with Gasteiger partial charge in [-0.25, -0.2) is 13.2 Å². The van der Waals surface area contributed by atoms with Crippen molar-refractivity contribution in [1.82, 2.24) is 15.1 Å². The summed E-state index contributed by atoms with van der Waals surface area (Å²) in [4.78, 5) is 16.4. The number of nitrogens with one attached hydrogen (secondary N) is 1. The van der Waals surface area contributed by atoms with Gasteiger partial charge in [-0.2, -0.15) is 0 Å². The summed E-state index contributed by atoms with van der Waals surface area (Å²) in [6.45, 7) is 8.20. The molecule has 1 unspecified atom stereocenters. The third kappa shape index (κ3) is 4.48. The van der Waals surface area contributed by atoms with E-state index in [0.717, 1.165) is 19.6 Å². The summed E-state index contributed by atoms with van der Waals surface area (Å²) in [6, 6.07) is 8.29. The summed E-state index contributed by atoms with van der Waals surface area (Å²) in [5, 5.41) is 2.37. The van der Waals surface area contributed by atoms with Gasteiger partial charge in [0.05, 0.1) is 10.1 Å². The first-order valence-corrected chi connectivity index (χ1v) is 10.1. The van der Waals surface area contributed by atoms with E-state index >= 15 is 0 Å². The van der Waals surface area contributed by atoms with Crippen LogP contribution >= 0.6 is 0 Å². The Hall–Kier alpha value is -1.60. The number of benzene rings is 1. The summed E-state index contributed by atoms with van der Waals surface area (Å²) < 4.78 is 25.2. The van der Waals surface area contributed by atoms with Crippen molar-refractivity contribution in [3.63, 3.8) is 0 Å². The first-order chi connectivity index (χ1) is 11.5. The molecule has 1 aliphatic heterocycles. The normalized spacial score (nSPS) is 18.1. The number of rotatable bonds is 7. The minimum Gasteiger partial charge on any atom is -0.337 e. The van der Waals surface area contributed by atoms with Gasteiger partial charge in [0.15, 0.2) is 9.84 Å². The molecule has 1 aromatic carbocycles. The molecule has 24 heavy (non-hydrogen) atoms. The quantitative estimate of drug-likeness (QED) is 0.808. The molecule has 1 heterocycles. The number of carbonyl (C=O) groups excluding carboxylic acids is 1. The monoisotopic (exact) mass is 353 g/mol. The van der Waals surface area contributed by atoms with E-state index in [2.05, 4.69) is 24.1 Å². The molecule has 0 spiro atoms. The van der Waals surface area contributed by atoms with Crippen LogP contribution in [-0.4, -0.2) is 68.8 Å². The topological polar surface area (TPSA) is 69.7 Å². The van der Waals surface area contributed by atoms with Gasteiger partial charge in [0.1, 0.15) is 0 Å². The number of nitrogens with zero attached hydrogens (tertiary/aromatic N) is 2. The predicted molar refractivity (Wildman–Crippen MR) is 94.8 cm³/mol. The van der Waals surface area contributed by atoms with E-state index in [-0.39, 0.29) is 12.6 Å². The Bertz CT molecular complexity index is 630. The van der Waals surface area contributed by atoms with Crippen molar-refractivity contribution in [2.24, 2.45) is 0 Å². The Morgan fingerprint density at radius 3 is 2.54 bits per heavy atom. The van der Waals surface area contributed by atoms with Crippen LogP contribution in [0.1, 0.15) is 20.3 Å². The minimum absolute atomic E-state index is 0.173. The van der Waals surface area contributed by atoms with Crippen LogP contribution < -0.4 is 5.32 Å². The summed E-state index contributed by atoms with van der Waals surface area (Å²) >= 11 is 0. The number of likely N-dealkylation sites (N-methyl/N-ethyl adjacent to an activating group) is 1. The molecule has 7 heteroatoms. The molecule has 1 N–H and O–H groups in total.